The van der Waals surface area contributed by atoms with Crippen LogP contribution in [0.3, 0.4) is 0 Å². The lowest BCUT2D eigenvalue weighted by Gasteiger charge is -2.19. The zero-order valence-electron chi connectivity index (χ0n) is 12.2. The Labute approximate surface area is 120 Å². The maximum absolute atomic E-state index is 6.20. The van der Waals surface area contributed by atoms with Crippen LogP contribution in [-0.4, -0.2) is 9.78 Å². The van der Waals surface area contributed by atoms with Gasteiger partial charge in [-0.2, -0.15) is 5.10 Å². The first kappa shape index (κ1) is 13.2. The van der Waals surface area contributed by atoms with Gasteiger partial charge < -0.3 is 5.73 Å². The molecule has 0 amide bonds. The molecule has 0 unspecified atom stereocenters. The quantitative estimate of drug-likeness (QED) is 0.913. The van der Waals surface area contributed by atoms with Crippen molar-refractivity contribution in [3.63, 3.8) is 0 Å². The Balaban J connectivity index is 1.96. The number of nitrogen functional groups attached to an aromatic ring is 1. The van der Waals surface area contributed by atoms with Gasteiger partial charge in [0.15, 0.2) is 0 Å². The number of anilines is 1. The molecular formula is C17H23N3. The lowest BCUT2D eigenvalue weighted by atomic mass is 9.87. The second kappa shape index (κ2) is 5.70. The fraction of sp³-hybridized carbons (Fsp3) is 0.471. The highest BCUT2D eigenvalue weighted by Crippen LogP contribution is 2.33. The van der Waals surface area contributed by atoms with Crippen LogP contribution in [0.1, 0.15) is 56.2 Å². The van der Waals surface area contributed by atoms with Crippen molar-refractivity contribution in [3.05, 3.63) is 41.6 Å². The zero-order valence-corrected chi connectivity index (χ0v) is 12.2. The fourth-order valence-electron chi connectivity index (χ4n) is 3.22. The van der Waals surface area contributed by atoms with Crippen LogP contribution in [-0.2, 0) is 6.42 Å². The normalized spacial score (nSPS) is 16.4. The molecule has 0 radical (unpaired) electrons. The van der Waals surface area contributed by atoms with Crippen molar-refractivity contribution in [2.45, 2.75) is 51.4 Å². The van der Waals surface area contributed by atoms with Gasteiger partial charge in [-0.3, -0.25) is 0 Å². The van der Waals surface area contributed by atoms with Crippen LogP contribution >= 0.6 is 0 Å². The van der Waals surface area contributed by atoms with Crippen molar-refractivity contribution < 1.29 is 0 Å². The van der Waals surface area contributed by atoms with E-state index in [0.717, 1.165) is 17.9 Å². The number of nitrogens with two attached hydrogens (primary N) is 1. The number of aromatic nitrogens is 2. The van der Waals surface area contributed by atoms with E-state index in [0.29, 0.717) is 5.92 Å². The van der Waals surface area contributed by atoms with Crippen molar-refractivity contribution in [3.8, 4) is 5.69 Å². The van der Waals surface area contributed by atoms with Crippen molar-refractivity contribution >= 4 is 5.82 Å². The zero-order chi connectivity index (χ0) is 13.9. The summed E-state index contributed by atoms with van der Waals surface area (Å²) in [6.45, 7) is 2.17. The molecule has 3 rings (SSSR count). The largest absolute Gasteiger partial charge is 0.384 e. The second-order valence-corrected chi connectivity index (χ2v) is 5.72. The number of aryl methyl sites for hydroxylation is 1. The first-order valence-corrected chi connectivity index (χ1v) is 7.73. The van der Waals surface area contributed by atoms with E-state index in [1.54, 1.807) is 0 Å². The van der Waals surface area contributed by atoms with Gasteiger partial charge in [0, 0.05) is 12.0 Å². The Morgan fingerprint density at radius 2 is 1.95 bits per heavy atom. The predicted molar refractivity (Wildman–Crippen MR) is 83.2 cm³/mol. The highest BCUT2D eigenvalue weighted by molar-refractivity contribution is 5.48. The molecule has 2 N–H and O–H groups in total. The second-order valence-electron chi connectivity index (χ2n) is 5.72. The molecule has 0 atom stereocenters. The van der Waals surface area contributed by atoms with E-state index in [1.165, 1.54) is 43.4 Å². The molecule has 0 aliphatic heterocycles. The number of nitrogens with zero attached hydrogens (tertiary/aromatic N) is 2. The third kappa shape index (κ3) is 2.45. The Morgan fingerprint density at radius 1 is 1.20 bits per heavy atom. The third-order valence-corrected chi connectivity index (χ3v) is 4.38. The van der Waals surface area contributed by atoms with Gasteiger partial charge in [-0.05, 0) is 30.9 Å². The highest BCUT2D eigenvalue weighted by Gasteiger charge is 2.20. The third-order valence-electron chi connectivity index (χ3n) is 4.38. The summed E-state index contributed by atoms with van der Waals surface area (Å²) < 4.78 is 1.92. The van der Waals surface area contributed by atoms with Gasteiger partial charge in [0.2, 0.25) is 0 Å². The van der Waals surface area contributed by atoms with Crippen LogP contribution in [0.2, 0.25) is 0 Å². The minimum atomic E-state index is 0.598. The maximum atomic E-state index is 6.20. The van der Waals surface area contributed by atoms with Crippen molar-refractivity contribution in [1.82, 2.24) is 9.78 Å². The van der Waals surface area contributed by atoms with Crippen LogP contribution < -0.4 is 5.73 Å². The Morgan fingerprint density at radius 3 is 2.70 bits per heavy atom. The molecule has 1 aliphatic rings. The van der Waals surface area contributed by atoms with Gasteiger partial charge >= 0.3 is 0 Å². The van der Waals surface area contributed by atoms with Gasteiger partial charge in [0.25, 0.3) is 0 Å². The molecule has 0 saturated heterocycles. The molecule has 0 bridgehead atoms. The van der Waals surface area contributed by atoms with E-state index in [9.17, 15) is 0 Å². The molecule has 1 heterocycles. The van der Waals surface area contributed by atoms with E-state index in [2.05, 4.69) is 37.3 Å². The Bertz CT molecular complexity index is 580. The van der Waals surface area contributed by atoms with Crippen molar-refractivity contribution in [2.75, 3.05) is 5.73 Å². The number of hydrogen-bond donors (Lipinski definition) is 1. The number of hydrogen-bond acceptors (Lipinski definition) is 2. The average Bonchev–Trinajstić information content (AvgIpc) is 2.90. The summed E-state index contributed by atoms with van der Waals surface area (Å²) in [5.41, 5.74) is 9.79. The SMILES string of the molecule is CCc1ccccc1-n1nc(C2CCCCC2)cc1N. The molecule has 3 heteroatoms. The predicted octanol–water partition coefficient (Wildman–Crippen LogP) is 4.06. The molecule has 1 fully saturated rings. The lowest BCUT2D eigenvalue weighted by Crippen LogP contribution is -2.07. The molecule has 20 heavy (non-hydrogen) atoms. The van der Waals surface area contributed by atoms with Crippen molar-refractivity contribution in [1.29, 1.82) is 0 Å². The van der Waals surface area contributed by atoms with Crippen molar-refractivity contribution in [2.24, 2.45) is 0 Å². The Hall–Kier alpha value is -1.77. The molecule has 1 aromatic carbocycles. The number of rotatable bonds is 3. The van der Waals surface area contributed by atoms with Gasteiger partial charge in [0.05, 0.1) is 11.4 Å². The number of benzene rings is 1. The van der Waals surface area contributed by atoms with Gasteiger partial charge in [-0.25, -0.2) is 4.68 Å². The van der Waals surface area contributed by atoms with Gasteiger partial charge in [-0.15, -0.1) is 0 Å². The first-order chi connectivity index (χ1) is 9.79. The van der Waals surface area contributed by atoms with Gasteiger partial charge in [0.1, 0.15) is 5.82 Å². The summed E-state index contributed by atoms with van der Waals surface area (Å²) in [5.74, 6) is 1.35. The van der Waals surface area contributed by atoms with Crippen LogP contribution in [0.4, 0.5) is 5.82 Å². The summed E-state index contributed by atoms with van der Waals surface area (Å²) in [6.07, 6.45) is 7.52. The fourth-order valence-corrected chi connectivity index (χ4v) is 3.22. The standard InChI is InChI=1S/C17H23N3/c1-2-13-8-6-7-11-16(13)20-17(18)12-15(19-20)14-9-4-3-5-10-14/h6-8,11-12,14H,2-5,9-10,18H2,1H3. The lowest BCUT2D eigenvalue weighted by molar-refractivity contribution is 0.435. The summed E-state index contributed by atoms with van der Waals surface area (Å²) in [6, 6.07) is 10.5. The topological polar surface area (TPSA) is 43.8 Å². The van der Waals surface area contributed by atoms with E-state index >= 15 is 0 Å². The van der Waals surface area contributed by atoms with E-state index in [4.69, 9.17) is 10.8 Å². The average molecular weight is 269 g/mol. The van der Waals surface area contributed by atoms with Crippen LogP contribution in [0, 0.1) is 0 Å². The van der Waals surface area contributed by atoms with E-state index < -0.39 is 0 Å². The molecule has 1 aromatic heterocycles. The van der Waals surface area contributed by atoms with E-state index in [1.807, 2.05) is 4.68 Å². The molecular weight excluding hydrogens is 246 g/mol. The summed E-state index contributed by atoms with van der Waals surface area (Å²) in [4.78, 5) is 0. The van der Waals surface area contributed by atoms with Gasteiger partial charge in [-0.1, -0.05) is 44.4 Å². The maximum Gasteiger partial charge on any atom is 0.127 e. The monoisotopic (exact) mass is 269 g/mol. The van der Waals surface area contributed by atoms with Crippen LogP contribution in [0.25, 0.3) is 5.69 Å². The summed E-state index contributed by atoms with van der Waals surface area (Å²) in [7, 11) is 0. The smallest absolute Gasteiger partial charge is 0.127 e. The minimum Gasteiger partial charge on any atom is -0.384 e. The van der Waals surface area contributed by atoms with Crippen LogP contribution in [0.5, 0.6) is 0 Å². The highest BCUT2D eigenvalue weighted by atomic mass is 15.3. The molecule has 106 valence electrons. The van der Waals surface area contributed by atoms with E-state index in [-0.39, 0.29) is 0 Å². The molecule has 3 nitrogen and oxygen atoms in total. The molecule has 0 spiro atoms. The summed E-state index contributed by atoms with van der Waals surface area (Å²) in [5, 5.41) is 4.80. The number of para-hydroxylation sites is 1. The summed E-state index contributed by atoms with van der Waals surface area (Å²) >= 11 is 0. The molecule has 1 aliphatic carbocycles. The first-order valence-electron chi connectivity index (χ1n) is 7.73. The molecule has 2 aromatic rings. The van der Waals surface area contributed by atoms with Crippen LogP contribution in [0.15, 0.2) is 30.3 Å². The Kier molecular flexibility index (Phi) is 3.77. The minimum absolute atomic E-state index is 0.598. The molecule has 1 saturated carbocycles.